The molecule has 4 N–H and O–H groups in total. The number of para-hydroxylation sites is 1. The van der Waals surface area contributed by atoms with Gasteiger partial charge >= 0.3 is 0 Å². The van der Waals surface area contributed by atoms with E-state index in [-0.39, 0.29) is 5.88 Å². The van der Waals surface area contributed by atoms with Crippen LogP contribution < -0.4 is 11.5 Å². The zero-order valence-corrected chi connectivity index (χ0v) is 10.3. The predicted molar refractivity (Wildman–Crippen MR) is 72.0 cm³/mol. The SMILES string of the molecule is Cc1c(-c2noc(N)c2N)c2ccccc2n1C. The maximum absolute atomic E-state index is 5.91. The second-order valence-corrected chi connectivity index (χ2v) is 4.35. The molecule has 2 heterocycles. The maximum atomic E-state index is 5.91. The van der Waals surface area contributed by atoms with E-state index in [9.17, 15) is 0 Å². The Balaban J connectivity index is 2.42. The lowest BCUT2D eigenvalue weighted by molar-refractivity contribution is 0.439. The first-order valence-electron chi connectivity index (χ1n) is 5.66. The minimum atomic E-state index is 0.164. The Labute approximate surface area is 104 Å². The van der Waals surface area contributed by atoms with Gasteiger partial charge < -0.3 is 20.6 Å². The minimum Gasteiger partial charge on any atom is -0.392 e. The van der Waals surface area contributed by atoms with E-state index in [0.29, 0.717) is 11.4 Å². The maximum Gasteiger partial charge on any atom is 0.245 e. The highest BCUT2D eigenvalue weighted by Gasteiger charge is 2.20. The molecule has 0 bridgehead atoms. The van der Waals surface area contributed by atoms with Crippen molar-refractivity contribution < 1.29 is 4.52 Å². The Morgan fingerprint density at radius 1 is 1.22 bits per heavy atom. The Hall–Kier alpha value is -2.43. The van der Waals surface area contributed by atoms with Gasteiger partial charge in [0.25, 0.3) is 0 Å². The van der Waals surface area contributed by atoms with Gasteiger partial charge in [0.2, 0.25) is 5.88 Å². The van der Waals surface area contributed by atoms with Crippen molar-refractivity contribution in [2.24, 2.45) is 7.05 Å². The number of fused-ring (bicyclic) bond motifs is 1. The average molecular weight is 242 g/mol. The van der Waals surface area contributed by atoms with Crippen LogP contribution in [-0.4, -0.2) is 9.72 Å². The van der Waals surface area contributed by atoms with Gasteiger partial charge in [0, 0.05) is 29.2 Å². The summed E-state index contributed by atoms with van der Waals surface area (Å²) in [6.07, 6.45) is 0. The third-order valence-electron chi connectivity index (χ3n) is 3.39. The molecule has 0 atom stereocenters. The van der Waals surface area contributed by atoms with Crippen LogP contribution in [0.4, 0.5) is 11.6 Å². The number of hydrogen-bond donors (Lipinski definition) is 2. The molecule has 92 valence electrons. The largest absolute Gasteiger partial charge is 0.392 e. The monoisotopic (exact) mass is 242 g/mol. The molecule has 0 aliphatic heterocycles. The van der Waals surface area contributed by atoms with Crippen LogP contribution in [0.25, 0.3) is 22.2 Å². The van der Waals surface area contributed by atoms with Crippen molar-refractivity contribution in [3.63, 3.8) is 0 Å². The fourth-order valence-corrected chi connectivity index (χ4v) is 2.31. The van der Waals surface area contributed by atoms with E-state index in [4.69, 9.17) is 16.0 Å². The summed E-state index contributed by atoms with van der Waals surface area (Å²) < 4.78 is 7.06. The van der Waals surface area contributed by atoms with Crippen LogP contribution in [0.1, 0.15) is 5.69 Å². The summed E-state index contributed by atoms with van der Waals surface area (Å²) in [5.41, 5.74) is 15.7. The van der Waals surface area contributed by atoms with E-state index >= 15 is 0 Å². The molecule has 0 aliphatic carbocycles. The number of aryl methyl sites for hydroxylation is 1. The van der Waals surface area contributed by atoms with Crippen LogP contribution in [0.3, 0.4) is 0 Å². The lowest BCUT2D eigenvalue weighted by Gasteiger charge is -1.99. The van der Waals surface area contributed by atoms with Gasteiger partial charge in [-0.1, -0.05) is 23.4 Å². The summed E-state index contributed by atoms with van der Waals surface area (Å²) in [6.45, 7) is 2.03. The molecule has 0 saturated carbocycles. The van der Waals surface area contributed by atoms with Crippen LogP contribution in [0.15, 0.2) is 28.8 Å². The van der Waals surface area contributed by atoms with E-state index in [1.807, 2.05) is 32.2 Å². The molecular weight excluding hydrogens is 228 g/mol. The second-order valence-electron chi connectivity index (χ2n) is 4.35. The van der Waals surface area contributed by atoms with Crippen molar-refractivity contribution in [2.45, 2.75) is 6.92 Å². The number of aromatic nitrogens is 2. The van der Waals surface area contributed by atoms with Crippen LogP contribution in [-0.2, 0) is 7.05 Å². The Morgan fingerprint density at radius 2 is 1.94 bits per heavy atom. The second kappa shape index (κ2) is 3.53. The summed E-state index contributed by atoms with van der Waals surface area (Å²) in [4.78, 5) is 0. The zero-order chi connectivity index (χ0) is 12.9. The third-order valence-corrected chi connectivity index (χ3v) is 3.39. The first kappa shape index (κ1) is 10.7. The predicted octanol–water partition coefficient (Wildman–Crippen LogP) is 2.31. The fraction of sp³-hybridized carbons (Fsp3) is 0.154. The average Bonchev–Trinajstić information content (AvgIpc) is 2.82. The Kier molecular flexibility index (Phi) is 2.10. The van der Waals surface area contributed by atoms with Gasteiger partial charge in [0.15, 0.2) is 0 Å². The molecular formula is C13H14N4O. The topological polar surface area (TPSA) is 83.0 Å². The summed E-state index contributed by atoms with van der Waals surface area (Å²) in [5.74, 6) is 0.164. The first-order chi connectivity index (χ1) is 8.61. The molecule has 2 aromatic heterocycles. The van der Waals surface area contributed by atoms with E-state index in [1.165, 1.54) is 0 Å². The lowest BCUT2D eigenvalue weighted by Crippen LogP contribution is -1.94. The number of nitrogens with zero attached hydrogens (tertiary/aromatic N) is 2. The molecule has 0 aliphatic rings. The van der Waals surface area contributed by atoms with Crippen molar-refractivity contribution >= 4 is 22.5 Å². The number of anilines is 2. The molecule has 3 aromatic rings. The molecule has 1 aromatic carbocycles. The van der Waals surface area contributed by atoms with E-state index < -0.39 is 0 Å². The van der Waals surface area contributed by atoms with Gasteiger partial charge in [-0.25, -0.2) is 0 Å². The summed E-state index contributed by atoms with van der Waals surface area (Å²) in [7, 11) is 2.01. The number of rotatable bonds is 1. The van der Waals surface area contributed by atoms with Crippen molar-refractivity contribution in [3.05, 3.63) is 30.0 Å². The van der Waals surface area contributed by atoms with E-state index in [2.05, 4.69) is 15.8 Å². The molecule has 18 heavy (non-hydrogen) atoms. The van der Waals surface area contributed by atoms with Gasteiger partial charge in [-0.2, -0.15) is 0 Å². The summed E-state index contributed by atoms with van der Waals surface area (Å²) in [6, 6.07) is 8.10. The number of nitrogens with two attached hydrogens (primary N) is 2. The highest BCUT2D eigenvalue weighted by molar-refractivity contribution is 6.00. The van der Waals surface area contributed by atoms with Gasteiger partial charge in [0.05, 0.1) is 0 Å². The molecule has 0 spiro atoms. The van der Waals surface area contributed by atoms with Crippen LogP contribution in [0, 0.1) is 6.92 Å². The molecule has 5 heteroatoms. The quantitative estimate of drug-likeness (QED) is 0.686. The van der Waals surface area contributed by atoms with Gasteiger partial charge in [-0.3, -0.25) is 0 Å². The van der Waals surface area contributed by atoms with E-state index in [1.54, 1.807) is 0 Å². The van der Waals surface area contributed by atoms with Crippen LogP contribution >= 0.6 is 0 Å². The number of hydrogen-bond acceptors (Lipinski definition) is 4. The molecule has 3 rings (SSSR count). The lowest BCUT2D eigenvalue weighted by atomic mass is 10.1. The van der Waals surface area contributed by atoms with Crippen molar-refractivity contribution in [1.29, 1.82) is 0 Å². The van der Waals surface area contributed by atoms with Crippen molar-refractivity contribution in [1.82, 2.24) is 9.72 Å². The number of benzene rings is 1. The van der Waals surface area contributed by atoms with E-state index in [0.717, 1.165) is 22.2 Å². The molecule has 0 saturated heterocycles. The zero-order valence-electron chi connectivity index (χ0n) is 10.3. The smallest absolute Gasteiger partial charge is 0.245 e. The summed E-state index contributed by atoms with van der Waals surface area (Å²) in [5, 5.41) is 5.07. The highest BCUT2D eigenvalue weighted by atomic mass is 16.5. The molecule has 0 radical (unpaired) electrons. The Bertz CT molecular complexity index is 739. The molecule has 0 unspecified atom stereocenters. The van der Waals surface area contributed by atoms with Gasteiger partial charge in [0.1, 0.15) is 11.4 Å². The first-order valence-corrected chi connectivity index (χ1v) is 5.66. The minimum absolute atomic E-state index is 0.164. The third kappa shape index (κ3) is 1.24. The standard InChI is InChI=1S/C13H14N4O/c1-7-10(12-11(14)13(15)18-16-12)8-5-3-4-6-9(8)17(7)2/h3-6H,14-15H2,1-2H3. The summed E-state index contributed by atoms with van der Waals surface area (Å²) >= 11 is 0. The van der Waals surface area contributed by atoms with Gasteiger partial charge in [-0.15, -0.1) is 0 Å². The normalized spacial score (nSPS) is 11.2. The molecule has 0 amide bonds. The van der Waals surface area contributed by atoms with Crippen LogP contribution in [0.5, 0.6) is 0 Å². The number of nitrogen functional groups attached to an aromatic ring is 2. The Morgan fingerprint density at radius 3 is 2.61 bits per heavy atom. The fourth-order valence-electron chi connectivity index (χ4n) is 2.31. The molecule has 5 nitrogen and oxygen atoms in total. The highest BCUT2D eigenvalue weighted by Crippen LogP contribution is 2.37. The van der Waals surface area contributed by atoms with Crippen LogP contribution in [0.2, 0.25) is 0 Å². The molecule has 0 fully saturated rings. The van der Waals surface area contributed by atoms with Crippen molar-refractivity contribution in [3.8, 4) is 11.3 Å². The van der Waals surface area contributed by atoms with Crippen molar-refractivity contribution in [2.75, 3.05) is 11.5 Å². The van der Waals surface area contributed by atoms with Gasteiger partial charge in [-0.05, 0) is 13.0 Å².